The molecule has 6 heteroatoms. The summed E-state index contributed by atoms with van der Waals surface area (Å²) in [7, 11) is 0. The quantitative estimate of drug-likeness (QED) is 0.757. The van der Waals surface area contributed by atoms with Crippen LogP contribution in [0.2, 0.25) is 5.02 Å². The van der Waals surface area contributed by atoms with Crippen molar-refractivity contribution in [3.63, 3.8) is 0 Å². The van der Waals surface area contributed by atoms with Crippen molar-refractivity contribution >= 4 is 11.6 Å². The van der Waals surface area contributed by atoms with E-state index in [1.54, 1.807) is 4.68 Å². The van der Waals surface area contributed by atoms with E-state index in [4.69, 9.17) is 16.7 Å². The van der Waals surface area contributed by atoms with Gasteiger partial charge in [0.1, 0.15) is 0 Å². The Bertz CT molecular complexity index is 842. The highest BCUT2D eigenvalue weighted by Gasteiger charge is 2.19. The normalized spacial score (nSPS) is 18.9. The molecule has 1 fully saturated rings. The second kappa shape index (κ2) is 8.55. The molecule has 0 unspecified atom stereocenters. The third-order valence-electron chi connectivity index (χ3n) is 5.62. The molecule has 0 radical (unpaired) electrons. The van der Waals surface area contributed by atoms with Crippen molar-refractivity contribution in [2.24, 2.45) is 0 Å². The second-order valence-electron chi connectivity index (χ2n) is 7.68. The summed E-state index contributed by atoms with van der Waals surface area (Å²) < 4.78 is 1.66. The molecule has 0 bridgehead atoms. The van der Waals surface area contributed by atoms with Gasteiger partial charge in [0.05, 0.1) is 12.4 Å². The molecule has 0 N–H and O–H groups in total. The van der Waals surface area contributed by atoms with Gasteiger partial charge in [0.15, 0.2) is 0 Å². The average Bonchev–Trinajstić information content (AvgIpc) is 2.88. The first-order chi connectivity index (χ1) is 13.2. The van der Waals surface area contributed by atoms with E-state index in [9.17, 15) is 4.79 Å². The van der Waals surface area contributed by atoms with Crippen molar-refractivity contribution < 1.29 is 0 Å². The van der Waals surface area contributed by atoms with Crippen molar-refractivity contribution in [2.45, 2.75) is 45.3 Å². The molecule has 0 saturated carbocycles. The van der Waals surface area contributed by atoms with Gasteiger partial charge in [0.25, 0.3) is 5.56 Å². The van der Waals surface area contributed by atoms with Gasteiger partial charge in [-0.25, -0.2) is 4.68 Å². The van der Waals surface area contributed by atoms with Gasteiger partial charge in [-0.3, -0.25) is 14.6 Å². The first kappa shape index (κ1) is 18.7. The fraction of sp³-hybridized carbons (Fsp3) is 0.524. The molecule has 1 aromatic carbocycles. The number of rotatable bonds is 4. The number of piperazine rings is 1. The Morgan fingerprint density at radius 3 is 2.56 bits per heavy atom. The zero-order valence-electron chi connectivity index (χ0n) is 15.7. The van der Waals surface area contributed by atoms with Gasteiger partial charge in [-0.15, -0.1) is 0 Å². The topological polar surface area (TPSA) is 41.4 Å². The number of fused-ring (bicyclic) bond motifs is 1. The maximum Gasteiger partial charge on any atom is 0.268 e. The molecule has 2 aromatic rings. The summed E-state index contributed by atoms with van der Waals surface area (Å²) in [6.07, 6.45) is 5.59. The molecule has 1 aliphatic carbocycles. The number of hydrogen-bond acceptors (Lipinski definition) is 4. The predicted octanol–water partition coefficient (Wildman–Crippen LogP) is 2.94. The maximum atomic E-state index is 12.5. The standard InChI is InChI=1S/C21H27ClN4O/c22-19-7-4-5-17(13-19)15-24-9-11-25(12-10-24)16-26-21(27)14-18-6-2-1-3-8-20(18)23-26/h4-5,7,13-14H,1-3,6,8-12,15-16H2. The number of nitrogens with zero attached hydrogens (tertiary/aromatic N) is 4. The smallest absolute Gasteiger partial charge is 0.268 e. The first-order valence-corrected chi connectivity index (χ1v) is 10.3. The highest BCUT2D eigenvalue weighted by molar-refractivity contribution is 6.30. The van der Waals surface area contributed by atoms with E-state index in [0.29, 0.717) is 6.67 Å². The van der Waals surface area contributed by atoms with Crippen LogP contribution in [0.15, 0.2) is 35.1 Å². The van der Waals surface area contributed by atoms with Crippen LogP contribution in [0.25, 0.3) is 0 Å². The third kappa shape index (κ3) is 4.78. The van der Waals surface area contributed by atoms with Gasteiger partial charge in [-0.2, -0.15) is 5.10 Å². The fourth-order valence-corrected chi connectivity index (χ4v) is 4.26. The molecule has 2 aliphatic rings. The summed E-state index contributed by atoms with van der Waals surface area (Å²) in [5.74, 6) is 0. The molecule has 0 spiro atoms. The molecule has 0 atom stereocenters. The molecule has 4 rings (SSSR count). The van der Waals surface area contributed by atoms with E-state index >= 15 is 0 Å². The lowest BCUT2D eigenvalue weighted by molar-refractivity contribution is 0.0966. The van der Waals surface area contributed by atoms with Gasteiger partial charge in [0.2, 0.25) is 0 Å². The summed E-state index contributed by atoms with van der Waals surface area (Å²) in [6.45, 7) is 5.40. The van der Waals surface area contributed by atoms with Crippen LogP contribution in [-0.2, 0) is 26.1 Å². The Kier molecular flexibility index (Phi) is 5.91. The lowest BCUT2D eigenvalue weighted by Crippen LogP contribution is -2.47. The molecule has 5 nitrogen and oxygen atoms in total. The summed E-state index contributed by atoms with van der Waals surface area (Å²) in [5, 5.41) is 5.49. The number of halogens is 1. The maximum absolute atomic E-state index is 12.5. The number of aryl methyl sites for hydroxylation is 2. The van der Waals surface area contributed by atoms with Crippen LogP contribution in [0.3, 0.4) is 0 Å². The van der Waals surface area contributed by atoms with Gasteiger partial charge in [-0.05, 0) is 48.9 Å². The molecule has 2 heterocycles. The summed E-state index contributed by atoms with van der Waals surface area (Å²) in [4.78, 5) is 17.2. The van der Waals surface area contributed by atoms with Crippen LogP contribution in [0, 0.1) is 0 Å². The van der Waals surface area contributed by atoms with Crippen LogP contribution in [-0.4, -0.2) is 45.8 Å². The van der Waals surface area contributed by atoms with Crippen molar-refractivity contribution in [1.29, 1.82) is 0 Å². The van der Waals surface area contributed by atoms with E-state index in [-0.39, 0.29) is 5.56 Å². The minimum absolute atomic E-state index is 0.0389. The molecule has 0 amide bonds. The number of benzene rings is 1. The highest BCUT2D eigenvalue weighted by atomic mass is 35.5. The second-order valence-corrected chi connectivity index (χ2v) is 8.12. The Morgan fingerprint density at radius 2 is 1.74 bits per heavy atom. The molecule has 1 aliphatic heterocycles. The molecule has 144 valence electrons. The van der Waals surface area contributed by atoms with Crippen LogP contribution in [0.5, 0.6) is 0 Å². The number of hydrogen-bond donors (Lipinski definition) is 0. The summed E-state index contributed by atoms with van der Waals surface area (Å²) >= 11 is 6.09. The summed E-state index contributed by atoms with van der Waals surface area (Å²) in [6, 6.07) is 9.90. The molecule has 1 aromatic heterocycles. The Labute approximate surface area is 165 Å². The van der Waals surface area contributed by atoms with E-state index in [0.717, 1.165) is 56.3 Å². The van der Waals surface area contributed by atoms with Crippen molar-refractivity contribution in [1.82, 2.24) is 19.6 Å². The lowest BCUT2D eigenvalue weighted by Gasteiger charge is -2.34. The zero-order chi connectivity index (χ0) is 18.6. The van der Waals surface area contributed by atoms with Gasteiger partial charge in [-0.1, -0.05) is 30.2 Å². The largest absolute Gasteiger partial charge is 0.297 e. The van der Waals surface area contributed by atoms with Gasteiger partial charge < -0.3 is 0 Å². The highest BCUT2D eigenvalue weighted by Crippen LogP contribution is 2.17. The zero-order valence-corrected chi connectivity index (χ0v) is 16.5. The first-order valence-electron chi connectivity index (χ1n) is 9.96. The Hall–Kier alpha value is -1.69. The lowest BCUT2D eigenvalue weighted by atomic mass is 10.1. The SMILES string of the molecule is O=c1cc2c(nn1CN1CCN(Cc3cccc(Cl)c3)CC1)CCCCC2. The monoisotopic (exact) mass is 386 g/mol. The third-order valence-corrected chi connectivity index (χ3v) is 5.85. The predicted molar refractivity (Wildman–Crippen MR) is 108 cm³/mol. The minimum atomic E-state index is 0.0389. The van der Waals surface area contributed by atoms with Gasteiger partial charge >= 0.3 is 0 Å². The molecular formula is C21H27ClN4O. The Morgan fingerprint density at radius 1 is 0.963 bits per heavy atom. The van der Waals surface area contributed by atoms with Crippen molar-refractivity contribution in [3.8, 4) is 0 Å². The van der Waals surface area contributed by atoms with E-state index in [1.807, 2.05) is 24.3 Å². The average molecular weight is 387 g/mol. The van der Waals surface area contributed by atoms with Crippen LogP contribution < -0.4 is 5.56 Å². The molecule has 1 saturated heterocycles. The van der Waals surface area contributed by atoms with E-state index in [1.165, 1.54) is 30.4 Å². The van der Waals surface area contributed by atoms with E-state index < -0.39 is 0 Å². The van der Waals surface area contributed by atoms with Crippen LogP contribution in [0.1, 0.15) is 36.1 Å². The van der Waals surface area contributed by atoms with Crippen molar-refractivity contribution in [2.75, 3.05) is 26.2 Å². The summed E-state index contributed by atoms with van der Waals surface area (Å²) in [5.41, 5.74) is 3.59. The van der Waals surface area contributed by atoms with Crippen LogP contribution in [0.4, 0.5) is 0 Å². The van der Waals surface area contributed by atoms with Crippen LogP contribution >= 0.6 is 11.6 Å². The minimum Gasteiger partial charge on any atom is -0.297 e. The van der Waals surface area contributed by atoms with E-state index in [2.05, 4.69) is 15.9 Å². The Balaban J connectivity index is 1.35. The molecule has 27 heavy (non-hydrogen) atoms. The van der Waals surface area contributed by atoms with Gasteiger partial charge in [0, 0.05) is 43.8 Å². The molecular weight excluding hydrogens is 360 g/mol. The van der Waals surface area contributed by atoms with Crippen molar-refractivity contribution in [3.05, 3.63) is 62.5 Å². The fourth-order valence-electron chi connectivity index (χ4n) is 4.05. The number of aromatic nitrogens is 2.